The van der Waals surface area contributed by atoms with Crippen molar-refractivity contribution in [2.75, 3.05) is 0 Å². The van der Waals surface area contributed by atoms with Gasteiger partial charge in [-0.1, -0.05) is 146 Å². The van der Waals surface area contributed by atoms with Gasteiger partial charge in [-0.05, 0) is 67.6 Å². The Kier molecular flexibility index (Phi) is 9.77. The number of allylic oxidation sites excluding steroid dienone is 6. The van der Waals surface area contributed by atoms with Crippen molar-refractivity contribution < 1.29 is 0 Å². The molecule has 12 aromatic rings. The Hall–Kier alpha value is -9.51. The van der Waals surface area contributed by atoms with Gasteiger partial charge >= 0.3 is 0 Å². The van der Waals surface area contributed by atoms with Gasteiger partial charge < -0.3 is 18.3 Å². The number of benzene rings is 7. The van der Waals surface area contributed by atoms with Gasteiger partial charge in [-0.3, -0.25) is 9.98 Å². The number of rotatable bonds is 8. The first-order valence-corrected chi connectivity index (χ1v) is 25.0. The number of nitrogens with zero attached hydrogens (tertiary/aromatic N) is 7. The maximum Gasteiger partial charge on any atom is 0.0961 e. The highest BCUT2D eigenvalue weighted by atomic mass is 15.1. The molecule has 1 aliphatic carbocycles. The van der Waals surface area contributed by atoms with E-state index in [1.54, 1.807) is 0 Å². The summed E-state index contributed by atoms with van der Waals surface area (Å²) in [6, 6.07) is 65.1. The lowest BCUT2D eigenvalue weighted by Gasteiger charge is -2.38. The normalized spacial score (nSPS) is 17.2. The Morgan fingerprint density at radius 2 is 1.07 bits per heavy atom. The van der Waals surface area contributed by atoms with Crippen molar-refractivity contribution >= 4 is 100 Å². The van der Waals surface area contributed by atoms with E-state index in [0.29, 0.717) is 12.0 Å². The van der Waals surface area contributed by atoms with Crippen LogP contribution in [-0.2, 0) is 0 Å². The number of hydrogen-bond donors (Lipinski definition) is 0. The zero-order valence-electron chi connectivity index (χ0n) is 40.1. The second-order valence-corrected chi connectivity index (χ2v) is 19.1. The van der Waals surface area contributed by atoms with Crippen LogP contribution in [0.5, 0.6) is 0 Å². The third kappa shape index (κ3) is 6.17. The highest BCUT2D eigenvalue weighted by Gasteiger charge is 2.42. The van der Waals surface area contributed by atoms with Crippen molar-refractivity contribution in [2.24, 2.45) is 4.99 Å². The Labute approximate surface area is 421 Å². The van der Waals surface area contributed by atoms with Gasteiger partial charge in [0.2, 0.25) is 0 Å². The summed E-state index contributed by atoms with van der Waals surface area (Å²) in [6.07, 6.45) is 17.3. The molecule has 346 valence electrons. The standard InChI is InChI=1S/C66H47N7/c1-3-19-53-42(4-2)43-20-5-12-27-54(43)70(53)61-34-36-68-40-51(61)65-50(39-67)66(52-41-69-37-35-62(52)71-55-28-13-6-21-44(55)45-22-7-14-29-56(45)71)64(73-59-32-17-10-25-48(59)49-26-11-18-33-60(49)73)38-63(65)72-57-30-15-8-23-46(57)47-24-9-16-31-58(47)72/h3-33,35-38,40-41,61,64,66H,2,34H2,1H3/b19-3-. The van der Waals surface area contributed by atoms with Gasteiger partial charge in [-0.25, -0.2) is 0 Å². The Morgan fingerprint density at radius 1 is 0.589 bits per heavy atom. The molecule has 0 radical (unpaired) electrons. The summed E-state index contributed by atoms with van der Waals surface area (Å²) >= 11 is 0. The monoisotopic (exact) mass is 937 g/mol. The van der Waals surface area contributed by atoms with Crippen LogP contribution in [0.2, 0.25) is 0 Å². The number of pyridine rings is 1. The van der Waals surface area contributed by atoms with Crippen LogP contribution in [0.15, 0.2) is 235 Å². The van der Waals surface area contributed by atoms with Crippen LogP contribution >= 0.6 is 0 Å². The average Bonchev–Trinajstić information content (AvgIpc) is 4.17. The molecule has 0 saturated heterocycles. The van der Waals surface area contributed by atoms with E-state index in [1.165, 1.54) is 0 Å². The van der Waals surface area contributed by atoms with Gasteiger partial charge in [0.1, 0.15) is 0 Å². The highest BCUT2D eigenvalue weighted by Crippen LogP contribution is 2.54. The van der Waals surface area contributed by atoms with E-state index >= 15 is 0 Å². The summed E-state index contributed by atoms with van der Waals surface area (Å²) in [5.74, 6) is -0.549. The zero-order valence-corrected chi connectivity index (χ0v) is 40.1. The lowest BCUT2D eigenvalue weighted by molar-refractivity contribution is 0.551. The minimum atomic E-state index is -0.549. The largest absolute Gasteiger partial charge is 0.332 e. The molecule has 0 fully saturated rings. The minimum Gasteiger partial charge on any atom is -0.332 e. The lowest BCUT2D eigenvalue weighted by atomic mass is 9.74. The zero-order chi connectivity index (χ0) is 48.7. The first kappa shape index (κ1) is 42.4. The third-order valence-corrected chi connectivity index (χ3v) is 15.5. The van der Waals surface area contributed by atoms with E-state index in [-0.39, 0.29) is 6.04 Å². The van der Waals surface area contributed by atoms with Gasteiger partial charge in [-0.15, -0.1) is 0 Å². The van der Waals surface area contributed by atoms with Crippen LogP contribution < -0.4 is 0 Å². The second kappa shape index (κ2) is 16.8. The first-order valence-electron chi connectivity index (χ1n) is 25.0. The van der Waals surface area contributed by atoms with Crippen molar-refractivity contribution in [2.45, 2.75) is 31.3 Å². The Morgan fingerprint density at radius 3 is 1.59 bits per heavy atom. The SMILES string of the molecule is C=Cc1c(/C=C\C)n(C2CC=NC=C2C2=C(C#N)C(c3cnccc3-n3c4ccccc4c4ccccc43)C(n3c4ccccc4c4ccccc43)C=C2n2c3ccccc3c3ccccc32)c2ccccc12. The predicted octanol–water partition coefficient (Wildman–Crippen LogP) is 16.3. The molecule has 2 aliphatic rings. The van der Waals surface area contributed by atoms with Gasteiger partial charge in [-0.2, -0.15) is 5.26 Å². The number of hydrogen-bond acceptors (Lipinski definition) is 3. The molecule has 0 amide bonds. The summed E-state index contributed by atoms with van der Waals surface area (Å²) in [5, 5.41) is 20.7. The van der Waals surface area contributed by atoms with Crippen LogP contribution in [-0.4, -0.2) is 29.5 Å². The Bertz CT molecular complexity index is 4330. The fourth-order valence-corrected chi connectivity index (χ4v) is 12.6. The van der Waals surface area contributed by atoms with E-state index in [9.17, 15) is 5.26 Å². The van der Waals surface area contributed by atoms with Crippen LogP contribution in [0.1, 0.15) is 48.2 Å². The second-order valence-electron chi connectivity index (χ2n) is 19.1. The molecule has 5 aromatic heterocycles. The summed E-state index contributed by atoms with van der Waals surface area (Å²) in [5.41, 5.74) is 15.0. The molecule has 0 saturated carbocycles. The van der Waals surface area contributed by atoms with E-state index < -0.39 is 12.0 Å². The number of aliphatic imine (C=N–C) groups is 1. The smallest absolute Gasteiger partial charge is 0.0961 e. The van der Waals surface area contributed by atoms with Crippen LogP contribution in [0.25, 0.3) is 99.9 Å². The molecule has 6 heterocycles. The van der Waals surface area contributed by atoms with Crippen LogP contribution in [0, 0.1) is 11.3 Å². The van der Waals surface area contributed by atoms with Crippen molar-refractivity contribution in [1.82, 2.24) is 23.3 Å². The molecular formula is C66H47N7. The molecule has 0 spiro atoms. The maximum absolute atomic E-state index is 12.6. The molecule has 0 bridgehead atoms. The van der Waals surface area contributed by atoms with Crippen LogP contribution in [0.4, 0.5) is 0 Å². The summed E-state index contributed by atoms with van der Waals surface area (Å²) in [7, 11) is 0. The first-order chi connectivity index (χ1) is 36.2. The molecule has 7 heteroatoms. The fourth-order valence-electron chi connectivity index (χ4n) is 12.6. The minimum absolute atomic E-state index is 0.256. The molecular weight excluding hydrogens is 891 g/mol. The van der Waals surface area contributed by atoms with Crippen molar-refractivity contribution in [1.29, 1.82) is 5.26 Å². The molecule has 3 atom stereocenters. The highest BCUT2D eigenvalue weighted by molar-refractivity contribution is 6.13. The summed E-state index contributed by atoms with van der Waals surface area (Å²) in [4.78, 5) is 10.0. The van der Waals surface area contributed by atoms with E-state index in [2.05, 4.69) is 232 Å². The molecule has 0 N–H and O–H groups in total. The fraction of sp³-hybridized carbons (Fsp3) is 0.0758. The van der Waals surface area contributed by atoms with Crippen molar-refractivity contribution in [3.05, 3.63) is 247 Å². The summed E-state index contributed by atoms with van der Waals surface area (Å²) in [6.45, 7) is 6.41. The number of aromatic nitrogens is 5. The van der Waals surface area contributed by atoms with Crippen molar-refractivity contribution in [3.8, 4) is 11.8 Å². The summed E-state index contributed by atoms with van der Waals surface area (Å²) < 4.78 is 9.74. The predicted molar refractivity (Wildman–Crippen MR) is 303 cm³/mol. The van der Waals surface area contributed by atoms with E-state index in [0.717, 1.165) is 116 Å². The molecule has 73 heavy (non-hydrogen) atoms. The Balaban J connectivity index is 1.15. The van der Waals surface area contributed by atoms with Gasteiger partial charge in [0, 0.05) is 125 Å². The van der Waals surface area contributed by atoms with Crippen molar-refractivity contribution in [3.63, 3.8) is 0 Å². The average molecular weight is 938 g/mol. The van der Waals surface area contributed by atoms with E-state index in [1.807, 2.05) is 30.9 Å². The van der Waals surface area contributed by atoms with Crippen LogP contribution in [0.3, 0.4) is 0 Å². The topological polar surface area (TPSA) is 68.8 Å². The number of fused-ring (bicyclic) bond motifs is 10. The molecule has 14 rings (SSSR count). The quantitative estimate of drug-likeness (QED) is 0.152. The lowest BCUT2D eigenvalue weighted by Crippen LogP contribution is -2.28. The van der Waals surface area contributed by atoms with Gasteiger partial charge in [0.15, 0.2) is 0 Å². The number of nitriles is 1. The molecule has 7 nitrogen and oxygen atoms in total. The van der Waals surface area contributed by atoms with Gasteiger partial charge in [0.05, 0.1) is 51.6 Å². The molecule has 1 aliphatic heterocycles. The maximum atomic E-state index is 12.6. The molecule has 3 unspecified atom stereocenters. The molecule has 7 aromatic carbocycles. The third-order valence-electron chi connectivity index (χ3n) is 15.5. The number of para-hydroxylation sites is 7. The van der Waals surface area contributed by atoms with E-state index in [4.69, 9.17) is 9.98 Å². The van der Waals surface area contributed by atoms with Gasteiger partial charge in [0.25, 0.3) is 0 Å².